The van der Waals surface area contributed by atoms with E-state index in [-0.39, 0.29) is 5.25 Å². The molecule has 0 aromatic heterocycles. The van der Waals surface area contributed by atoms with Gasteiger partial charge in [-0.1, -0.05) is 6.42 Å². The number of hydrogen-bond acceptors (Lipinski definition) is 3. The molecule has 0 spiro atoms. The second kappa shape index (κ2) is 5.24. The second-order valence-corrected chi connectivity index (χ2v) is 7.98. The normalized spacial score (nSPS) is 29.0. The van der Waals surface area contributed by atoms with Gasteiger partial charge in [0, 0.05) is 19.1 Å². The maximum absolute atomic E-state index is 12.1. The van der Waals surface area contributed by atoms with Crippen LogP contribution in [-0.4, -0.2) is 55.1 Å². The molecule has 2 saturated heterocycles. The zero-order chi connectivity index (χ0) is 12.5. The molecule has 0 radical (unpaired) electrons. The molecule has 2 heterocycles. The first-order valence-electron chi connectivity index (χ1n) is 6.75. The molecule has 0 N–H and O–H groups in total. The molecule has 2 rings (SSSR count). The van der Waals surface area contributed by atoms with Crippen molar-refractivity contribution in [2.24, 2.45) is 0 Å². The van der Waals surface area contributed by atoms with E-state index >= 15 is 0 Å². The summed E-state index contributed by atoms with van der Waals surface area (Å²) in [5.74, 6) is 0. The summed E-state index contributed by atoms with van der Waals surface area (Å²) in [6.07, 6.45) is 4.88. The molecule has 0 amide bonds. The zero-order valence-corrected chi connectivity index (χ0v) is 11.7. The molecule has 1 atom stereocenters. The molecule has 2 fully saturated rings. The third-order valence-corrected chi connectivity index (χ3v) is 6.23. The van der Waals surface area contributed by atoms with E-state index < -0.39 is 10.0 Å². The summed E-state index contributed by atoms with van der Waals surface area (Å²) in [6, 6.07) is 0.462. The summed E-state index contributed by atoms with van der Waals surface area (Å²) in [4.78, 5) is 2.49. The quantitative estimate of drug-likeness (QED) is 0.767. The van der Waals surface area contributed by atoms with Crippen LogP contribution in [-0.2, 0) is 10.0 Å². The van der Waals surface area contributed by atoms with Crippen molar-refractivity contribution in [3.05, 3.63) is 0 Å². The minimum Gasteiger partial charge on any atom is -0.299 e. The van der Waals surface area contributed by atoms with Crippen LogP contribution in [0.25, 0.3) is 0 Å². The monoisotopic (exact) mass is 260 g/mol. The molecule has 5 heteroatoms. The van der Waals surface area contributed by atoms with Crippen LogP contribution in [0.2, 0.25) is 0 Å². The van der Waals surface area contributed by atoms with Crippen LogP contribution in [0.1, 0.15) is 39.5 Å². The van der Waals surface area contributed by atoms with Crippen LogP contribution in [0.4, 0.5) is 0 Å². The minimum absolute atomic E-state index is 0.289. The second-order valence-electron chi connectivity index (χ2n) is 5.49. The Morgan fingerprint density at radius 3 is 2.29 bits per heavy atom. The molecule has 17 heavy (non-hydrogen) atoms. The third-order valence-electron chi connectivity index (χ3n) is 3.99. The number of piperidine rings is 1. The first-order valence-corrected chi connectivity index (χ1v) is 8.25. The summed E-state index contributed by atoms with van der Waals surface area (Å²) in [7, 11) is -3.04. The fourth-order valence-corrected chi connectivity index (χ4v) is 4.16. The number of rotatable bonds is 3. The molecule has 0 bridgehead atoms. The largest absolute Gasteiger partial charge is 0.299 e. The number of hydrogen-bond donors (Lipinski definition) is 0. The zero-order valence-electron chi connectivity index (χ0n) is 10.9. The highest BCUT2D eigenvalue weighted by Crippen LogP contribution is 2.23. The predicted octanol–water partition coefficient (Wildman–Crippen LogP) is 1.28. The highest BCUT2D eigenvalue weighted by molar-refractivity contribution is 7.89. The number of sulfonamides is 1. The number of likely N-dealkylation sites (tertiary alicyclic amines) is 1. The van der Waals surface area contributed by atoms with Crippen molar-refractivity contribution in [2.75, 3.05) is 26.2 Å². The van der Waals surface area contributed by atoms with Gasteiger partial charge in [-0.25, -0.2) is 12.7 Å². The first kappa shape index (κ1) is 13.3. The van der Waals surface area contributed by atoms with Crippen molar-refractivity contribution in [1.29, 1.82) is 0 Å². The molecular weight excluding hydrogens is 236 g/mol. The first-order chi connectivity index (χ1) is 8.01. The summed E-state index contributed by atoms with van der Waals surface area (Å²) in [5, 5.41) is -0.289. The topological polar surface area (TPSA) is 40.6 Å². The molecule has 0 saturated carbocycles. The van der Waals surface area contributed by atoms with Crippen molar-refractivity contribution >= 4 is 10.0 Å². The Bertz CT molecular complexity index is 348. The fourth-order valence-electron chi connectivity index (χ4n) is 2.82. The smallest absolute Gasteiger partial charge is 0.216 e. The van der Waals surface area contributed by atoms with Gasteiger partial charge in [-0.05, 0) is 46.2 Å². The lowest BCUT2D eigenvalue weighted by Crippen LogP contribution is -2.42. The molecule has 0 aromatic carbocycles. The standard InChI is InChI=1S/C12H24N2O2S/c1-11(2)17(15,16)14-9-6-12(10-14)13-7-4-3-5-8-13/h11-12H,3-10H2,1-2H3. The Hall–Kier alpha value is -0.130. The Kier molecular flexibility index (Phi) is 4.10. The van der Waals surface area contributed by atoms with Crippen LogP contribution in [0.3, 0.4) is 0 Å². The fraction of sp³-hybridized carbons (Fsp3) is 1.00. The van der Waals surface area contributed by atoms with Gasteiger partial charge in [-0.15, -0.1) is 0 Å². The van der Waals surface area contributed by atoms with Crippen molar-refractivity contribution in [3.8, 4) is 0 Å². The van der Waals surface area contributed by atoms with Gasteiger partial charge in [-0.3, -0.25) is 4.90 Å². The van der Waals surface area contributed by atoms with Crippen molar-refractivity contribution in [3.63, 3.8) is 0 Å². The Labute approximate surface area is 105 Å². The minimum atomic E-state index is -3.04. The maximum Gasteiger partial charge on any atom is 0.216 e. The summed E-state index contributed by atoms with van der Waals surface area (Å²) >= 11 is 0. The van der Waals surface area contributed by atoms with Crippen LogP contribution < -0.4 is 0 Å². The number of nitrogens with zero attached hydrogens (tertiary/aromatic N) is 2. The van der Waals surface area contributed by atoms with Gasteiger partial charge >= 0.3 is 0 Å². The molecule has 2 aliphatic heterocycles. The third kappa shape index (κ3) is 2.83. The van der Waals surface area contributed by atoms with E-state index in [1.165, 1.54) is 19.3 Å². The van der Waals surface area contributed by atoms with Gasteiger partial charge < -0.3 is 0 Å². The average molecular weight is 260 g/mol. The maximum atomic E-state index is 12.1. The van der Waals surface area contributed by atoms with E-state index in [4.69, 9.17) is 0 Å². The van der Waals surface area contributed by atoms with E-state index in [0.29, 0.717) is 19.1 Å². The van der Waals surface area contributed by atoms with E-state index in [1.807, 2.05) is 0 Å². The van der Waals surface area contributed by atoms with Gasteiger partial charge in [-0.2, -0.15) is 0 Å². The van der Waals surface area contributed by atoms with Crippen LogP contribution >= 0.6 is 0 Å². The summed E-state index contributed by atoms with van der Waals surface area (Å²) in [6.45, 7) is 7.26. The van der Waals surface area contributed by atoms with E-state index in [2.05, 4.69) is 4.90 Å². The molecule has 0 aromatic rings. The lowest BCUT2D eigenvalue weighted by molar-refractivity contribution is 0.169. The van der Waals surface area contributed by atoms with Crippen LogP contribution in [0.5, 0.6) is 0 Å². The molecular formula is C12H24N2O2S. The van der Waals surface area contributed by atoms with Crippen molar-refractivity contribution in [1.82, 2.24) is 9.21 Å². The van der Waals surface area contributed by atoms with E-state index in [9.17, 15) is 8.42 Å². The summed E-state index contributed by atoms with van der Waals surface area (Å²) < 4.78 is 25.8. The van der Waals surface area contributed by atoms with Gasteiger partial charge in [0.25, 0.3) is 0 Å². The van der Waals surface area contributed by atoms with E-state index in [0.717, 1.165) is 19.5 Å². The van der Waals surface area contributed by atoms with Gasteiger partial charge in [0.2, 0.25) is 10.0 Å². The van der Waals surface area contributed by atoms with Crippen LogP contribution in [0, 0.1) is 0 Å². The average Bonchev–Trinajstić information content (AvgIpc) is 2.80. The van der Waals surface area contributed by atoms with Gasteiger partial charge in [0.1, 0.15) is 0 Å². The lowest BCUT2D eigenvalue weighted by atomic mass is 10.1. The highest BCUT2D eigenvalue weighted by atomic mass is 32.2. The molecule has 1 unspecified atom stereocenters. The van der Waals surface area contributed by atoms with E-state index in [1.54, 1.807) is 18.2 Å². The van der Waals surface area contributed by atoms with Crippen molar-refractivity contribution < 1.29 is 8.42 Å². The molecule has 4 nitrogen and oxygen atoms in total. The summed E-state index contributed by atoms with van der Waals surface area (Å²) in [5.41, 5.74) is 0. The highest BCUT2D eigenvalue weighted by Gasteiger charge is 2.35. The van der Waals surface area contributed by atoms with Crippen molar-refractivity contribution in [2.45, 2.75) is 50.8 Å². The van der Waals surface area contributed by atoms with Crippen LogP contribution in [0.15, 0.2) is 0 Å². The molecule has 100 valence electrons. The lowest BCUT2D eigenvalue weighted by Gasteiger charge is -2.32. The SMILES string of the molecule is CC(C)S(=O)(=O)N1CCC(N2CCCCC2)C1. The molecule has 0 aliphatic carbocycles. The Balaban J connectivity index is 1.95. The predicted molar refractivity (Wildman–Crippen MR) is 69.5 cm³/mol. The van der Waals surface area contributed by atoms with Gasteiger partial charge in [0.05, 0.1) is 5.25 Å². The molecule has 2 aliphatic rings. The Morgan fingerprint density at radius 1 is 1.06 bits per heavy atom. The van der Waals surface area contributed by atoms with Gasteiger partial charge in [0.15, 0.2) is 0 Å². The Morgan fingerprint density at radius 2 is 1.71 bits per heavy atom.